The number of carbonyl (C=O) groups is 1. The third kappa shape index (κ3) is 2.97. The number of para-hydroxylation sites is 1. The second-order valence-corrected chi connectivity index (χ2v) is 6.33. The maximum Gasteiger partial charge on any atom is 0.255 e. The Morgan fingerprint density at radius 1 is 1.12 bits per heavy atom. The van der Waals surface area contributed by atoms with E-state index in [0.717, 1.165) is 12.0 Å². The van der Waals surface area contributed by atoms with Gasteiger partial charge in [-0.2, -0.15) is 0 Å². The fraction of sp³-hybridized carbons (Fsp3) is 0.200. The molecule has 3 nitrogen and oxygen atoms in total. The van der Waals surface area contributed by atoms with Crippen molar-refractivity contribution in [1.29, 1.82) is 0 Å². The van der Waals surface area contributed by atoms with Crippen molar-refractivity contribution in [3.63, 3.8) is 0 Å². The predicted molar refractivity (Wildman–Crippen MR) is 91.4 cm³/mol. The lowest BCUT2D eigenvalue weighted by Crippen LogP contribution is -2.28. The molecule has 25 heavy (non-hydrogen) atoms. The molecule has 0 aliphatic carbocycles. The van der Waals surface area contributed by atoms with Crippen LogP contribution in [0.5, 0.6) is 0 Å². The van der Waals surface area contributed by atoms with Crippen molar-refractivity contribution in [3.8, 4) is 0 Å². The number of likely N-dealkylation sites (tertiary alicyclic amines) is 1. The zero-order valence-corrected chi connectivity index (χ0v) is 13.5. The van der Waals surface area contributed by atoms with Crippen molar-refractivity contribution in [2.24, 2.45) is 0 Å². The Morgan fingerprint density at radius 3 is 2.80 bits per heavy atom. The average Bonchev–Trinajstić information content (AvgIpc) is 3.11. The molecular weight excluding hydrogens is 322 g/mol. The summed E-state index contributed by atoms with van der Waals surface area (Å²) in [7, 11) is 0. The summed E-state index contributed by atoms with van der Waals surface area (Å²) in [6.07, 6.45) is 2.22. The van der Waals surface area contributed by atoms with E-state index in [-0.39, 0.29) is 23.2 Å². The Hall–Kier alpha value is -2.82. The van der Waals surface area contributed by atoms with Crippen LogP contribution >= 0.6 is 0 Å². The number of pyridine rings is 1. The van der Waals surface area contributed by atoms with Gasteiger partial charge in [0.1, 0.15) is 17.2 Å². The molecule has 5 heteroatoms. The van der Waals surface area contributed by atoms with Crippen molar-refractivity contribution < 1.29 is 13.6 Å². The molecule has 1 unspecified atom stereocenters. The number of benzene rings is 2. The van der Waals surface area contributed by atoms with Crippen LogP contribution in [-0.2, 0) is 0 Å². The summed E-state index contributed by atoms with van der Waals surface area (Å²) < 4.78 is 27.1. The van der Waals surface area contributed by atoms with E-state index in [0.29, 0.717) is 24.0 Å². The Morgan fingerprint density at radius 2 is 1.96 bits per heavy atom. The molecule has 0 radical (unpaired) electrons. The molecule has 1 aliphatic rings. The molecule has 3 aromatic rings. The molecule has 0 N–H and O–H groups in total. The minimum atomic E-state index is -0.399. The third-order valence-electron chi connectivity index (χ3n) is 4.70. The van der Waals surface area contributed by atoms with E-state index in [1.165, 1.54) is 24.4 Å². The quantitative estimate of drug-likeness (QED) is 0.703. The second kappa shape index (κ2) is 6.24. The number of aromatic nitrogens is 1. The zero-order valence-electron chi connectivity index (χ0n) is 13.5. The predicted octanol–water partition coefficient (Wildman–Crippen LogP) is 4.14. The van der Waals surface area contributed by atoms with Crippen LogP contribution in [0.3, 0.4) is 0 Å². The van der Waals surface area contributed by atoms with E-state index in [1.807, 2.05) is 6.07 Å². The van der Waals surface area contributed by atoms with Crippen LogP contribution in [0.25, 0.3) is 10.9 Å². The molecule has 1 aromatic heterocycles. The largest absolute Gasteiger partial charge is 0.338 e. The van der Waals surface area contributed by atoms with Gasteiger partial charge in [0.25, 0.3) is 5.91 Å². The molecule has 1 atom stereocenters. The van der Waals surface area contributed by atoms with Crippen LogP contribution < -0.4 is 0 Å². The first-order valence-corrected chi connectivity index (χ1v) is 8.21. The van der Waals surface area contributed by atoms with E-state index in [2.05, 4.69) is 4.98 Å². The molecule has 0 bridgehead atoms. The smallest absolute Gasteiger partial charge is 0.255 e. The first kappa shape index (κ1) is 15.7. The lowest BCUT2D eigenvalue weighted by atomic mass is 9.98. The van der Waals surface area contributed by atoms with Gasteiger partial charge in [-0.25, -0.2) is 8.78 Å². The van der Waals surface area contributed by atoms with E-state index in [4.69, 9.17) is 0 Å². The van der Waals surface area contributed by atoms with Crippen molar-refractivity contribution in [2.75, 3.05) is 13.1 Å². The number of nitrogens with zero attached hydrogens (tertiary/aromatic N) is 2. The van der Waals surface area contributed by atoms with Gasteiger partial charge in [-0.1, -0.05) is 24.3 Å². The number of hydrogen-bond donors (Lipinski definition) is 0. The standard InChI is InChI=1S/C20H16F2N2O/c21-17-5-1-3-13(10-17)15-7-8-24(12-15)20(25)16-9-14-4-2-6-18(22)19(14)23-11-16/h1-6,9-11,15H,7-8,12H2. The fourth-order valence-corrected chi connectivity index (χ4v) is 3.40. The Kier molecular flexibility index (Phi) is 3.92. The summed E-state index contributed by atoms with van der Waals surface area (Å²) in [5.74, 6) is -0.657. The second-order valence-electron chi connectivity index (χ2n) is 6.33. The molecule has 2 heterocycles. The summed E-state index contributed by atoms with van der Waals surface area (Å²) in [5.41, 5.74) is 1.62. The van der Waals surface area contributed by atoms with Crippen LogP contribution in [0.4, 0.5) is 8.78 Å². The van der Waals surface area contributed by atoms with E-state index < -0.39 is 5.82 Å². The van der Waals surface area contributed by atoms with Gasteiger partial charge >= 0.3 is 0 Å². The monoisotopic (exact) mass is 338 g/mol. The van der Waals surface area contributed by atoms with Gasteiger partial charge < -0.3 is 4.90 Å². The average molecular weight is 338 g/mol. The van der Waals surface area contributed by atoms with Crippen molar-refractivity contribution >= 4 is 16.8 Å². The Labute approximate surface area is 143 Å². The van der Waals surface area contributed by atoms with Crippen molar-refractivity contribution in [1.82, 2.24) is 9.88 Å². The molecule has 1 fully saturated rings. The number of amides is 1. The highest BCUT2D eigenvalue weighted by Gasteiger charge is 2.28. The van der Waals surface area contributed by atoms with E-state index in [1.54, 1.807) is 29.2 Å². The first-order valence-electron chi connectivity index (χ1n) is 8.21. The van der Waals surface area contributed by atoms with Crippen LogP contribution in [-0.4, -0.2) is 28.9 Å². The van der Waals surface area contributed by atoms with Gasteiger partial charge in [0, 0.05) is 30.6 Å². The number of rotatable bonds is 2. The summed E-state index contributed by atoms with van der Waals surface area (Å²) >= 11 is 0. The van der Waals surface area contributed by atoms with Gasteiger partial charge in [-0.05, 0) is 36.2 Å². The van der Waals surface area contributed by atoms with E-state index in [9.17, 15) is 13.6 Å². The lowest BCUT2D eigenvalue weighted by Gasteiger charge is -2.17. The van der Waals surface area contributed by atoms with E-state index >= 15 is 0 Å². The number of fused-ring (bicyclic) bond motifs is 1. The minimum Gasteiger partial charge on any atom is -0.338 e. The summed E-state index contributed by atoms with van der Waals surface area (Å²) in [6, 6.07) is 12.9. The molecule has 1 aliphatic heterocycles. The molecule has 0 saturated carbocycles. The van der Waals surface area contributed by atoms with Crippen molar-refractivity contribution in [2.45, 2.75) is 12.3 Å². The highest BCUT2D eigenvalue weighted by molar-refractivity contribution is 5.97. The molecular formula is C20H16F2N2O. The lowest BCUT2D eigenvalue weighted by molar-refractivity contribution is 0.0790. The summed E-state index contributed by atoms with van der Waals surface area (Å²) in [4.78, 5) is 18.6. The van der Waals surface area contributed by atoms with Gasteiger partial charge in [-0.3, -0.25) is 9.78 Å². The Balaban J connectivity index is 1.56. The zero-order chi connectivity index (χ0) is 17.4. The fourth-order valence-electron chi connectivity index (χ4n) is 3.40. The van der Waals surface area contributed by atoms with Gasteiger partial charge in [0.2, 0.25) is 0 Å². The maximum atomic E-state index is 13.7. The molecule has 0 spiro atoms. The summed E-state index contributed by atoms with van der Waals surface area (Å²) in [6.45, 7) is 1.16. The van der Waals surface area contributed by atoms with Crippen LogP contribution in [0.2, 0.25) is 0 Å². The van der Waals surface area contributed by atoms with Gasteiger partial charge in [-0.15, -0.1) is 0 Å². The first-order chi connectivity index (χ1) is 12.1. The van der Waals surface area contributed by atoms with Crippen LogP contribution in [0, 0.1) is 11.6 Å². The SMILES string of the molecule is O=C(c1cnc2c(F)cccc2c1)N1CCC(c2cccc(F)c2)C1. The maximum absolute atomic E-state index is 13.7. The number of halogens is 2. The van der Waals surface area contributed by atoms with Crippen molar-refractivity contribution in [3.05, 3.63) is 77.5 Å². The number of carbonyl (C=O) groups excluding carboxylic acids is 1. The molecule has 1 saturated heterocycles. The third-order valence-corrected chi connectivity index (χ3v) is 4.70. The molecule has 2 aromatic carbocycles. The Bertz CT molecular complexity index is 957. The topological polar surface area (TPSA) is 33.2 Å². The minimum absolute atomic E-state index is 0.127. The van der Waals surface area contributed by atoms with Crippen LogP contribution in [0.15, 0.2) is 54.7 Å². The number of hydrogen-bond acceptors (Lipinski definition) is 2. The molecule has 126 valence electrons. The normalized spacial score (nSPS) is 17.2. The highest BCUT2D eigenvalue weighted by Crippen LogP contribution is 2.29. The van der Waals surface area contributed by atoms with Gasteiger partial charge in [0.15, 0.2) is 0 Å². The molecule has 1 amide bonds. The summed E-state index contributed by atoms with van der Waals surface area (Å²) in [5, 5.41) is 0.603. The van der Waals surface area contributed by atoms with Gasteiger partial charge in [0.05, 0.1) is 5.56 Å². The van der Waals surface area contributed by atoms with Crippen LogP contribution in [0.1, 0.15) is 28.3 Å². The highest BCUT2D eigenvalue weighted by atomic mass is 19.1. The molecule has 4 rings (SSSR count).